The van der Waals surface area contributed by atoms with Crippen molar-refractivity contribution in [2.45, 2.75) is 45.4 Å². The maximum Gasteiger partial charge on any atom is 0.243 e. The number of phenolic OH excluding ortho intramolecular Hbond substituents is 1. The normalized spacial score (nSPS) is 19.0. The molecule has 2 unspecified atom stereocenters. The molecule has 1 amide bonds. The molecule has 2 N–H and O–H groups in total. The van der Waals surface area contributed by atoms with E-state index in [1.165, 1.54) is 11.1 Å². The van der Waals surface area contributed by atoms with E-state index in [0.717, 1.165) is 17.2 Å². The highest BCUT2D eigenvalue weighted by Gasteiger charge is 2.44. The quantitative estimate of drug-likeness (QED) is 0.449. The number of rotatable bonds is 4. The van der Waals surface area contributed by atoms with E-state index in [0.29, 0.717) is 11.3 Å². The minimum atomic E-state index is -0.0699. The Labute approximate surface area is 177 Å². The van der Waals surface area contributed by atoms with Gasteiger partial charge in [0.1, 0.15) is 5.75 Å². The number of aromatic hydroxyl groups is 1. The maximum atomic E-state index is 12.6. The lowest BCUT2D eigenvalue weighted by Crippen LogP contribution is -2.21. The third-order valence-electron chi connectivity index (χ3n) is 5.96. The molecule has 0 heterocycles. The van der Waals surface area contributed by atoms with Crippen LogP contribution in [-0.4, -0.2) is 16.7 Å². The smallest absolute Gasteiger partial charge is 0.243 e. The number of carbonyl (C=O) groups is 1. The molecule has 0 bridgehead atoms. The predicted octanol–water partition coefficient (Wildman–Crippen LogP) is 5.49. The number of phenols is 1. The maximum absolute atomic E-state index is 12.6. The molecule has 3 aromatic carbocycles. The van der Waals surface area contributed by atoms with Crippen molar-refractivity contribution in [3.8, 4) is 5.75 Å². The summed E-state index contributed by atoms with van der Waals surface area (Å²) in [5.41, 5.74) is 6.52. The fourth-order valence-corrected chi connectivity index (χ4v) is 3.91. The molecule has 30 heavy (non-hydrogen) atoms. The monoisotopic (exact) mass is 400 g/mol. The molecule has 3 aromatic rings. The van der Waals surface area contributed by atoms with Crippen molar-refractivity contribution in [3.05, 3.63) is 77.4 Å². The number of benzene rings is 3. The van der Waals surface area contributed by atoms with Crippen LogP contribution in [0.4, 0.5) is 0 Å². The number of nitrogens with one attached hydrogen (secondary N) is 1. The first-order chi connectivity index (χ1) is 14.3. The minimum absolute atomic E-state index is 0.0489. The summed E-state index contributed by atoms with van der Waals surface area (Å²) in [6, 6.07) is 20.0. The Balaban J connectivity index is 1.43. The van der Waals surface area contributed by atoms with Crippen LogP contribution in [-0.2, 0) is 10.2 Å². The molecule has 154 valence electrons. The number of hydrogen-bond acceptors (Lipinski definition) is 3. The van der Waals surface area contributed by atoms with Gasteiger partial charge >= 0.3 is 0 Å². The van der Waals surface area contributed by atoms with Gasteiger partial charge in [-0.25, -0.2) is 5.43 Å². The lowest BCUT2D eigenvalue weighted by atomic mass is 9.86. The summed E-state index contributed by atoms with van der Waals surface area (Å²) in [5, 5.41) is 16.6. The zero-order chi connectivity index (χ0) is 21.5. The van der Waals surface area contributed by atoms with Crippen molar-refractivity contribution in [2.24, 2.45) is 11.0 Å². The molecule has 0 aromatic heterocycles. The van der Waals surface area contributed by atoms with Gasteiger partial charge in [0.2, 0.25) is 5.91 Å². The van der Waals surface area contributed by atoms with Gasteiger partial charge < -0.3 is 5.11 Å². The molecule has 0 spiro atoms. The van der Waals surface area contributed by atoms with Crippen LogP contribution in [0.2, 0.25) is 0 Å². The topological polar surface area (TPSA) is 61.7 Å². The second-order valence-electron chi connectivity index (χ2n) is 9.18. The molecule has 0 aliphatic heterocycles. The third-order valence-corrected chi connectivity index (χ3v) is 5.96. The average Bonchev–Trinajstić information content (AvgIpc) is 3.53. The van der Waals surface area contributed by atoms with Crippen LogP contribution in [0.25, 0.3) is 10.8 Å². The van der Waals surface area contributed by atoms with E-state index < -0.39 is 0 Å². The summed E-state index contributed by atoms with van der Waals surface area (Å²) in [6.07, 6.45) is 0.844. The van der Waals surface area contributed by atoms with Gasteiger partial charge in [0.25, 0.3) is 0 Å². The minimum Gasteiger partial charge on any atom is -0.507 e. The van der Waals surface area contributed by atoms with Gasteiger partial charge in [-0.1, -0.05) is 75.4 Å². The van der Waals surface area contributed by atoms with Gasteiger partial charge in [0, 0.05) is 16.9 Å². The molecular formula is C26H28N2O2. The molecule has 4 nitrogen and oxygen atoms in total. The van der Waals surface area contributed by atoms with Crippen LogP contribution < -0.4 is 5.43 Å². The van der Waals surface area contributed by atoms with Crippen molar-refractivity contribution < 1.29 is 9.90 Å². The lowest BCUT2D eigenvalue weighted by Gasteiger charge is -2.19. The second kappa shape index (κ2) is 7.60. The molecule has 4 heteroatoms. The number of carbonyl (C=O) groups excluding carboxylic acids is 1. The number of hydrazone groups is 1. The molecule has 1 aliphatic rings. The second-order valence-corrected chi connectivity index (χ2v) is 9.18. The van der Waals surface area contributed by atoms with Gasteiger partial charge in [-0.15, -0.1) is 0 Å². The highest BCUT2D eigenvalue weighted by Crippen LogP contribution is 2.47. The van der Waals surface area contributed by atoms with E-state index in [1.54, 1.807) is 6.92 Å². The Morgan fingerprint density at radius 1 is 1.03 bits per heavy atom. The summed E-state index contributed by atoms with van der Waals surface area (Å²) < 4.78 is 0. The van der Waals surface area contributed by atoms with E-state index in [9.17, 15) is 9.90 Å². The lowest BCUT2D eigenvalue weighted by molar-refractivity contribution is -0.122. The Hall–Kier alpha value is -3.14. The number of fused-ring (bicyclic) bond motifs is 1. The number of hydrogen-bond donors (Lipinski definition) is 2. The Morgan fingerprint density at radius 2 is 1.73 bits per heavy atom. The van der Waals surface area contributed by atoms with Crippen LogP contribution in [0.15, 0.2) is 65.8 Å². The zero-order valence-electron chi connectivity index (χ0n) is 17.9. The largest absolute Gasteiger partial charge is 0.507 e. The van der Waals surface area contributed by atoms with Crippen molar-refractivity contribution in [1.29, 1.82) is 0 Å². The first-order valence-electron chi connectivity index (χ1n) is 10.4. The van der Waals surface area contributed by atoms with E-state index in [2.05, 4.69) is 55.6 Å². The van der Waals surface area contributed by atoms with E-state index in [4.69, 9.17) is 0 Å². The molecule has 2 atom stereocenters. The summed E-state index contributed by atoms with van der Waals surface area (Å²) >= 11 is 0. The van der Waals surface area contributed by atoms with Crippen molar-refractivity contribution in [2.75, 3.05) is 0 Å². The SMILES string of the molecule is C/C(=N\NC(=O)C1CC1c1ccc(C(C)(C)C)cc1)c1ccc2ccccc2c1O. The van der Waals surface area contributed by atoms with Gasteiger partial charge in [0.05, 0.1) is 5.71 Å². The predicted molar refractivity (Wildman–Crippen MR) is 122 cm³/mol. The van der Waals surface area contributed by atoms with Crippen molar-refractivity contribution in [1.82, 2.24) is 5.43 Å². The van der Waals surface area contributed by atoms with Crippen LogP contribution in [0.3, 0.4) is 0 Å². The van der Waals surface area contributed by atoms with E-state index in [-0.39, 0.29) is 28.9 Å². The van der Waals surface area contributed by atoms with E-state index in [1.807, 2.05) is 36.4 Å². The Bertz CT molecular complexity index is 1120. The summed E-state index contributed by atoms with van der Waals surface area (Å²) in [4.78, 5) is 12.6. The first kappa shape index (κ1) is 20.1. The third kappa shape index (κ3) is 3.95. The fraction of sp³-hybridized carbons (Fsp3) is 0.308. The van der Waals surface area contributed by atoms with Crippen LogP contribution >= 0.6 is 0 Å². The van der Waals surface area contributed by atoms with Crippen LogP contribution in [0.5, 0.6) is 5.75 Å². The van der Waals surface area contributed by atoms with Gasteiger partial charge in [-0.2, -0.15) is 5.10 Å². The molecule has 0 saturated heterocycles. The van der Waals surface area contributed by atoms with E-state index >= 15 is 0 Å². The number of nitrogens with zero attached hydrogens (tertiary/aromatic N) is 1. The zero-order valence-corrected chi connectivity index (χ0v) is 17.9. The highest BCUT2D eigenvalue weighted by atomic mass is 16.3. The molecule has 1 aliphatic carbocycles. The summed E-state index contributed by atoms with van der Waals surface area (Å²) in [7, 11) is 0. The summed E-state index contributed by atoms with van der Waals surface area (Å²) in [5.74, 6) is 0.321. The molecule has 0 radical (unpaired) electrons. The van der Waals surface area contributed by atoms with Crippen molar-refractivity contribution in [3.63, 3.8) is 0 Å². The first-order valence-corrected chi connectivity index (χ1v) is 10.4. The molecule has 1 saturated carbocycles. The molecule has 4 rings (SSSR count). The summed E-state index contributed by atoms with van der Waals surface area (Å²) in [6.45, 7) is 8.38. The van der Waals surface area contributed by atoms with Gasteiger partial charge in [-0.3, -0.25) is 4.79 Å². The van der Waals surface area contributed by atoms with Crippen molar-refractivity contribution >= 4 is 22.4 Å². The van der Waals surface area contributed by atoms with Gasteiger partial charge in [0.15, 0.2) is 0 Å². The van der Waals surface area contributed by atoms with Crippen LogP contribution in [0.1, 0.15) is 56.7 Å². The standard InChI is InChI=1S/C26H28N2O2/c1-16(20-14-11-17-7-5-6-8-21(17)24(20)29)27-28-25(30)23-15-22(23)18-9-12-19(13-10-18)26(2,3)4/h5-14,22-23,29H,15H2,1-4H3,(H,28,30)/b27-16+. The molecular weight excluding hydrogens is 372 g/mol. The Morgan fingerprint density at radius 3 is 2.43 bits per heavy atom. The van der Waals surface area contributed by atoms with Crippen LogP contribution in [0, 0.1) is 5.92 Å². The average molecular weight is 401 g/mol. The fourth-order valence-electron chi connectivity index (χ4n) is 3.91. The van der Waals surface area contributed by atoms with Gasteiger partial charge in [-0.05, 0) is 47.3 Å². The molecule has 1 fully saturated rings. The number of amides is 1. The highest BCUT2D eigenvalue weighted by molar-refractivity contribution is 6.06. The Kier molecular flexibility index (Phi) is 5.10.